The average molecular weight is 478 g/mol. The Bertz CT molecular complexity index is 544. The molecule has 1 saturated heterocycles. The molecule has 4 fully saturated rings. The van der Waals surface area contributed by atoms with Crippen LogP contribution in [-0.2, 0) is 4.74 Å². The molecular weight excluding hydrogens is 422 g/mol. The van der Waals surface area contributed by atoms with Gasteiger partial charge in [0.25, 0.3) is 0 Å². The van der Waals surface area contributed by atoms with Gasteiger partial charge in [0.1, 0.15) is 0 Å². The highest BCUT2D eigenvalue weighted by Crippen LogP contribution is 2.36. The fraction of sp³-hybridized carbons (Fsp3) is 1.00. The highest BCUT2D eigenvalue weighted by Gasteiger charge is 2.42. The van der Waals surface area contributed by atoms with Crippen LogP contribution >= 0.6 is 0 Å². The molecular formula is C29H55N3O2. The van der Waals surface area contributed by atoms with Crippen molar-refractivity contribution in [3.8, 4) is 0 Å². The fourth-order valence-corrected chi connectivity index (χ4v) is 7.21. The lowest BCUT2D eigenvalue weighted by Crippen LogP contribution is -2.73. The SMILES string of the molecule is CCCCCCOC1CCC(C2NC(C3CCC(C)CC3)NC(C3CCC(C)CC3)N2)C(O)C1. The van der Waals surface area contributed by atoms with Gasteiger partial charge in [-0.1, -0.05) is 65.7 Å². The van der Waals surface area contributed by atoms with Crippen molar-refractivity contribution < 1.29 is 9.84 Å². The molecule has 4 aliphatic rings. The van der Waals surface area contributed by atoms with Crippen LogP contribution in [0.25, 0.3) is 0 Å². The fourth-order valence-electron chi connectivity index (χ4n) is 7.21. The van der Waals surface area contributed by atoms with Gasteiger partial charge in [-0.15, -0.1) is 0 Å². The monoisotopic (exact) mass is 477 g/mol. The largest absolute Gasteiger partial charge is 0.393 e. The maximum Gasteiger partial charge on any atom is 0.0649 e. The topological polar surface area (TPSA) is 65.5 Å². The first-order valence-electron chi connectivity index (χ1n) is 15.1. The summed E-state index contributed by atoms with van der Waals surface area (Å²) in [5, 5.41) is 23.2. The molecule has 0 amide bonds. The van der Waals surface area contributed by atoms with E-state index >= 15 is 0 Å². The summed E-state index contributed by atoms with van der Waals surface area (Å²) in [6, 6.07) is 0. The van der Waals surface area contributed by atoms with Crippen LogP contribution in [0.2, 0.25) is 0 Å². The molecule has 0 spiro atoms. The number of ether oxygens (including phenoxy) is 1. The van der Waals surface area contributed by atoms with Crippen molar-refractivity contribution in [1.82, 2.24) is 16.0 Å². The maximum absolute atomic E-state index is 11.2. The molecule has 5 nitrogen and oxygen atoms in total. The molecule has 0 radical (unpaired) electrons. The number of nitrogens with one attached hydrogen (secondary N) is 3. The quantitative estimate of drug-likeness (QED) is 0.329. The number of aliphatic hydroxyl groups is 1. The Hall–Kier alpha value is -0.200. The Labute approximate surface area is 209 Å². The molecule has 0 aromatic rings. The van der Waals surface area contributed by atoms with Crippen LogP contribution in [0.5, 0.6) is 0 Å². The molecule has 4 rings (SSSR count). The Morgan fingerprint density at radius 3 is 1.76 bits per heavy atom. The van der Waals surface area contributed by atoms with Gasteiger partial charge in [0.05, 0.1) is 30.7 Å². The van der Waals surface area contributed by atoms with Gasteiger partial charge < -0.3 is 9.84 Å². The van der Waals surface area contributed by atoms with Crippen LogP contribution in [0.4, 0.5) is 0 Å². The highest BCUT2D eigenvalue weighted by atomic mass is 16.5. The van der Waals surface area contributed by atoms with E-state index in [1.807, 2.05) is 0 Å². The smallest absolute Gasteiger partial charge is 0.0649 e. The molecule has 0 bridgehead atoms. The van der Waals surface area contributed by atoms with E-state index in [9.17, 15) is 5.11 Å². The second-order valence-electron chi connectivity index (χ2n) is 12.6. The first-order chi connectivity index (χ1) is 16.5. The number of hydrogen-bond acceptors (Lipinski definition) is 5. The van der Waals surface area contributed by atoms with Crippen LogP contribution in [0, 0.1) is 29.6 Å². The van der Waals surface area contributed by atoms with Crippen LogP contribution in [0.3, 0.4) is 0 Å². The zero-order valence-corrected chi connectivity index (χ0v) is 22.4. The summed E-state index contributed by atoms with van der Waals surface area (Å²) in [6.07, 6.45) is 19.6. The highest BCUT2D eigenvalue weighted by molar-refractivity contribution is 4.97. The lowest BCUT2D eigenvalue weighted by atomic mass is 9.77. The van der Waals surface area contributed by atoms with E-state index in [-0.39, 0.29) is 24.3 Å². The van der Waals surface area contributed by atoms with Crippen molar-refractivity contribution in [2.24, 2.45) is 29.6 Å². The number of rotatable bonds is 9. The van der Waals surface area contributed by atoms with E-state index in [0.29, 0.717) is 24.2 Å². The van der Waals surface area contributed by atoms with Crippen molar-refractivity contribution in [2.45, 2.75) is 148 Å². The molecule has 5 atom stereocenters. The van der Waals surface area contributed by atoms with Gasteiger partial charge in [0, 0.05) is 12.5 Å². The lowest BCUT2D eigenvalue weighted by molar-refractivity contribution is -0.0622. The summed E-state index contributed by atoms with van der Waals surface area (Å²) in [4.78, 5) is 0. The van der Waals surface area contributed by atoms with Gasteiger partial charge in [-0.3, -0.25) is 16.0 Å². The summed E-state index contributed by atoms with van der Waals surface area (Å²) < 4.78 is 6.18. The first kappa shape index (κ1) is 26.9. The van der Waals surface area contributed by atoms with Crippen molar-refractivity contribution in [3.63, 3.8) is 0 Å². The molecule has 5 heteroatoms. The van der Waals surface area contributed by atoms with E-state index in [1.165, 1.54) is 70.6 Å². The van der Waals surface area contributed by atoms with Crippen molar-refractivity contribution >= 4 is 0 Å². The number of unbranched alkanes of at least 4 members (excludes halogenated alkanes) is 3. The second-order valence-corrected chi connectivity index (χ2v) is 12.6. The summed E-state index contributed by atoms with van der Waals surface area (Å²) in [5.74, 6) is 3.46. The third-order valence-corrected chi connectivity index (χ3v) is 9.74. The van der Waals surface area contributed by atoms with Gasteiger partial charge in [0.2, 0.25) is 0 Å². The minimum atomic E-state index is -0.281. The Morgan fingerprint density at radius 1 is 0.676 bits per heavy atom. The van der Waals surface area contributed by atoms with E-state index in [1.54, 1.807) is 0 Å². The number of aliphatic hydroxyl groups excluding tert-OH is 1. The standard InChI is InChI=1S/C29H55N3O2/c1-4-5-6-7-18-34-24-16-17-25(26(33)19-24)29-31-27(22-12-8-20(2)9-13-22)30-28(32-29)23-14-10-21(3)11-15-23/h20-33H,4-19H2,1-3H3. The van der Waals surface area contributed by atoms with Gasteiger partial charge >= 0.3 is 0 Å². The molecule has 3 aliphatic carbocycles. The van der Waals surface area contributed by atoms with Crippen LogP contribution < -0.4 is 16.0 Å². The Morgan fingerprint density at radius 2 is 1.24 bits per heavy atom. The lowest BCUT2D eigenvalue weighted by Gasteiger charge is -2.50. The Kier molecular flexibility index (Phi) is 10.6. The minimum absolute atomic E-state index is 0.204. The molecule has 5 unspecified atom stereocenters. The van der Waals surface area contributed by atoms with Gasteiger partial charge in [-0.2, -0.15) is 0 Å². The van der Waals surface area contributed by atoms with Gasteiger partial charge in [-0.05, 0) is 75.0 Å². The van der Waals surface area contributed by atoms with E-state index in [0.717, 1.165) is 44.1 Å². The van der Waals surface area contributed by atoms with Crippen molar-refractivity contribution in [2.75, 3.05) is 6.61 Å². The predicted octanol–water partition coefficient (Wildman–Crippen LogP) is 5.53. The molecule has 3 saturated carbocycles. The van der Waals surface area contributed by atoms with Gasteiger partial charge in [0.15, 0.2) is 0 Å². The van der Waals surface area contributed by atoms with E-state index in [2.05, 4.69) is 36.7 Å². The summed E-state index contributed by atoms with van der Waals surface area (Å²) >= 11 is 0. The summed E-state index contributed by atoms with van der Waals surface area (Å²) in [7, 11) is 0. The minimum Gasteiger partial charge on any atom is -0.393 e. The number of hydrogen-bond donors (Lipinski definition) is 4. The van der Waals surface area contributed by atoms with E-state index in [4.69, 9.17) is 4.74 Å². The molecule has 4 N–H and O–H groups in total. The zero-order chi connectivity index (χ0) is 23.9. The van der Waals surface area contributed by atoms with E-state index < -0.39 is 0 Å². The Balaban J connectivity index is 1.34. The van der Waals surface area contributed by atoms with Crippen molar-refractivity contribution in [3.05, 3.63) is 0 Å². The molecule has 0 aromatic heterocycles. The normalized spacial score (nSPS) is 44.1. The molecule has 34 heavy (non-hydrogen) atoms. The third-order valence-electron chi connectivity index (χ3n) is 9.74. The predicted molar refractivity (Wildman–Crippen MR) is 140 cm³/mol. The third kappa shape index (κ3) is 7.41. The molecule has 1 heterocycles. The van der Waals surface area contributed by atoms with Crippen molar-refractivity contribution in [1.29, 1.82) is 0 Å². The average Bonchev–Trinajstić information content (AvgIpc) is 2.84. The first-order valence-corrected chi connectivity index (χ1v) is 15.1. The summed E-state index contributed by atoms with van der Waals surface area (Å²) in [5.41, 5.74) is 0. The van der Waals surface area contributed by atoms with Crippen LogP contribution in [-0.4, -0.2) is 42.4 Å². The maximum atomic E-state index is 11.2. The summed E-state index contributed by atoms with van der Waals surface area (Å²) in [6.45, 7) is 7.93. The molecule has 198 valence electrons. The van der Waals surface area contributed by atoms with Crippen LogP contribution in [0.1, 0.15) is 117 Å². The second kappa shape index (κ2) is 13.4. The zero-order valence-electron chi connectivity index (χ0n) is 22.4. The van der Waals surface area contributed by atoms with Crippen LogP contribution in [0.15, 0.2) is 0 Å². The molecule has 1 aliphatic heterocycles. The van der Waals surface area contributed by atoms with Gasteiger partial charge in [-0.25, -0.2) is 0 Å². The molecule has 0 aromatic carbocycles.